The minimum absolute atomic E-state index is 0.0288. The third-order valence-corrected chi connectivity index (χ3v) is 2.49. The Morgan fingerprint density at radius 2 is 2.00 bits per heavy atom. The topological polar surface area (TPSA) is 35.5 Å². The molecule has 2 atom stereocenters. The smallest absolute Gasteiger partial charge is 0.306 e. The van der Waals surface area contributed by atoms with Gasteiger partial charge in [0.25, 0.3) is 0 Å². The van der Waals surface area contributed by atoms with Crippen LogP contribution in [0.3, 0.4) is 0 Å². The lowest BCUT2D eigenvalue weighted by atomic mass is 10.0. The van der Waals surface area contributed by atoms with Gasteiger partial charge in [-0.3, -0.25) is 4.79 Å². The second kappa shape index (κ2) is 5.61. The quantitative estimate of drug-likeness (QED) is 0.579. The van der Waals surface area contributed by atoms with Crippen LogP contribution >= 0.6 is 12.6 Å². The van der Waals surface area contributed by atoms with Gasteiger partial charge in [-0.05, 0) is 13.8 Å². The van der Waals surface area contributed by atoms with Crippen molar-refractivity contribution in [2.45, 2.75) is 51.4 Å². The molecule has 0 radical (unpaired) electrons. The minimum Gasteiger partial charge on any atom is -0.462 e. The van der Waals surface area contributed by atoms with Crippen LogP contribution in [0.4, 0.5) is 0 Å². The number of rotatable bonds is 3. The fourth-order valence-corrected chi connectivity index (χ4v) is 1.96. The fraction of sp³-hybridized carbons (Fsp3) is 0.900. The lowest BCUT2D eigenvalue weighted by molar-refractivity contribution is -0.159. The van der Waals surface area contributed by atoms with Gasteiger partial charge < -0.3 is 9.47 Å². The van der Waals surface area contributed by atoms with Crippen LogP contribution in [0.2, 0.25) is 0 Å². The predicted octanol–water partition coefficient (Wildman–Crippen LogP) is 1.81. The molecule has 0 aromatic heterocycles. The molecule has 0 amide bonds. The molecule has 1 fully saturated rings. The highest BCUT2D eigenvalue weighted by Gasteiger charge is 2.26. The largest absolute Gasteiger partial charge is 0.462 e. The van der Waals surface area contributed by atoms with Crippen LogP contribution in [0.5, 0.6) is 0 Å². The van der Waals surface area contributed by atoms with Gasteiger partial charge in [-0.15, -0.1) is 0 Å². The fourth-order valence-electron chi connectivity index (χ4n) is 1.78. The molecular weight excluding hydrogens is 200 g/mol. The van der Waals surface area contributed by atoms with Gasteiger partial charge in [0.05, 0.1) is 18.6 Å². The van der Waals surface area contributed by atoms with E-state index in [0.29, 0.717) is 12.2 Å². The van der Waals surface area contributed by atoms with Crippen LogP contribution in [-0.4, -0.2) is 30.0 Å². The van der Waals surface area contributed by atoms with E-state index >= 15 is 0 Å². The summed E-state index contributed by atoms with van der Waals surface area (Å²) in [5, 5.41) is 0. The van der Waals surface area contributed by atoms with E-state index < -0.39 is 0 Å². The summed E-state index contributed by atoms with van der Waals surface area (Å²) >= 11 is 3.99. The molecule has 1 heterocycles. The van der Waals surface area contributed by atoms with Crippen LogP contribution in [0.1, 0.15) is 33.1 Å². The number of esters is 1. The Hall–Kier alpha value is -0.220. The number of carbonyl (C=O) groups is 1. The second-order valence-electron chi connectivity index (χ2n) is 3.81. The lowest BCUT2D eigenvalue weighted by Gasteiger charge is -2.31. The van der Waals surface area contributed by atoms with Crippen molar-refractivity contribution >= 4 is 18.6 Å². The van der Waals surface area contributed by atoms with E-state index in [9.17, 15) is 4.79 Å². The van der Waals surface area contributed by atoms with Gasteiger partial charge in [0.1, 0.15) is 6.10 Å². The predicted molar refractivity (Wildman–Crippen MR) is 57.6 cm³/mol. The molecule has 14 heavy (non-hydrogen) atoms. The van der Waals surface area contributed by atoms with Crippen molar-refractivity contribution in [1.82, 2.24) is 0 Å². The molecule has 1 aliphatic rings. The van der Waals surface area contributed by atoms with E-state index in [-0.39, 0.29) is 24.3 Å². The Morgan fingerprint density at radius 1 is 1.43 bits per heavy atom. The average Bonchev–Trinajstić information content (AvgIpc) is 2.01. The monoisotopic (exact) mass is 218 g/mol. The molecule has 0 N–H and O–H groups in total. The van der Waals surface area contributed by atoms with Crippen LogP contribution in [0, 0.1) is 0 Å². The highest BCUT2D eigenvalue weighted by atomic mass is 32.1. The maximum absolute atomic E-state index is 11.2. The number of carbonyl (C=O) groups excluding carboxylic acids is 1. The summed E-state index contributed by atoms with van der Waals surface area (Å²) in [6.45, 7) is 4.02. The Bertz CT molecular complexity index is 186. The molecule has 0 bridgehead atoms. The van der Waals surface area contributed by atoms with Crippen molar-refractivity contribution in [2.24, 2.45) is 0 Å². The number of ether oxygens (including phenoxy) is 2. The first-order valence-electron chi connectivity index (χ1n) is 5.07. The maximum atomic E-state index is 11.2. The van der Waals surface area contributed by atoms with Crippen LogP contribution in [0.25, 0.3) is 0 Å². The van der Waals surface area contributed by atoms with Gasteiger partial charge in [0.15, 0.2) is 0 Å². The van der Waals surface area contributed by atoms with Crippen molar-refractivity contribution in [1.29, 1.82) is 0 Å². The van der Waals surface area contributed by atoms with Crippen molar-refractivity contribution < 1.29 is 14.3 Å². The van der Waals surface area contributed by atoms with E-state index in [2.05, 4.69) is 12.6 Å². The van der Waals surface area contributed by atoms with E-state index in [1.54, 1.807) is 0 Å². The Morgan fingerprint density at radius 3 is 2.50 bits per heavy atom. The average molecular weight is 218 g/mol. The standard InChI is InChI=1S/C10H18O3S/c1-7-5-9(6-8(2)12-7)13-10(11)3-4-14/h7-9,14H,3-6H2,1-2H3. The SMILES string of the molecule is CC1CC(OC(=O)CCS)CC(C)O1. The molecule has 2 unspecified atom stereocenters. The molecule has 3 nitrogen and oxygen atoms in total. The summed E-state index contributed by atoms with van der Waals surface area (Å²) in [6.07, 6.45) is 2.41. The molecule has 0 aliphatic carbocycles. The molecule has 0 aromatic carbocycles. The normalized spacial score (nSPS) is 32.6. The zero-order chi connectivity index (χ0) is 10.6. The van der Waals surface area contributed by atoms with Gasteiger partial charge in [-0.2, -0.15) is 12.6 Å². The molecule has 1 rings (SSSR count). The first kappa shape index (κ1) is 11.9. The second-order valence-corrected chi connectivity index (χ2v) is 4.26. The molecule has 0 spiro atoms. The highest BCUT2D eigenvalue weighted by Crippen LogP contribution is 2.21. The summed E-state index contributed by atoms with van der Waals surface area (Å²) in [5.74, 6) is 0.402. The van der Waals surface area contributed by atoms with Crippen LogP contribution < -0.4 is 0 Å². The van der Waals surface area contributed by atoms with Gasteiger partial charge in [0.2, 0.25) is 0 Å². The molecule has 82 valence electrons. The summed E-state index contributed by atoms with van der Waals surface area (Å²) in [5.41, 5.74) is 0. The Kier molecular flexibility index (Phi) is 4.75. The number of thiol groups is 1. The van der Waals surface area contributed by atoms with Crippen molar-refractivity contribution in [3.63, 3.8) is 0 Å². The van der Waals surface area contributed by atoms with Crippen molar-refractivity contribution in [3.8, 4) is 0 Å². The maximum Gasteiger partial charge on any atom is 0.306 e. The summed E-state index contributed by atoms with van der Waals surface area (Å²) < 4.78 is 10.9. The summed E-state index contributed by atoms with van der Waals surface area (Å²) in [4.78, 5) is 11.2. The molecule has 1 aliphatic heterocycles. The third kappa shape index (κ3) is 3.88. The van der Waals surface area contributed by atoms with E-state index in [4.69, 9.17) is 9.47 Å². The number of hydrogen-bond donors (Lipinski definition) is 1. The van der Waals surface area contributed by atoms with Crippen LogP contribution in [-0.2, 0) is 14.3 Å². The van der Waals surface area contributed by atoms with E-state index in [1.165, 1.54) is 0 Å². The first-order valence-corrected chi connectivity index (χ1v) is 5.71. The van der Waals surface area contributed by atoms with Gasteiger partial charge in [-0.1, -0.05) is 0 Å². The molecular formula is C10H18O3S. The first-order chi connectivity index (χ1) is 6.61. The van der Waals surface area contributed by atoms with E-state index in [1.807, 2.05) is 13.8 Å². The minimum atomic E-state index is -0.147. The Labute approximate surface area is 90.6 Å². The van der Waals surface area contributed by atoms with Gasteiger partial charge in [-0.25, -0.2) is 0 Å². The molecule has 4 heteroatoms. The van der Waals surface area contributed by atoms with E-state index in [0.717, 1.165) is 12.8 Å². The molecule has 0 aromatic rings. The molecule has 1 saturated heterocycles. The van der Waals surface area contributed by atoms with Gasteiger partial charge >= 0.3 is 5.97 Å². The summed E-state index contributed by atoms with van der Waals surface area (Å²) in [6, 6.07) is 0. The highest BCUT2D eigenvalue weighted by molar-refractivity contribution is 7.80. The number of hydrogen-bond acceptors (Lipinski definition) is 4. The molecule has 0 saturated carbocycles. The van der Waals surface area contributed by atoms with Gasteiger partial charge in [0, 0.05) is 18.6 Å². The van der Waals surface area contributed by atoms with Crippen LogP contribution in [0.15, 0.2) is 0 Å². The van der Waals surface area contributed by atoms with Crippen molar-refractivity contribution in [2.75, 3.05) is 5.75 Å². The van der Waals surface area contributed by atoms with Crippen molar-refractivity contribution in [3.05, 3.63) is 0 Å². The Balaban J connectivity index is 2.33. The summed E-state index contributed by atoms with van der Waals surface area (Å²) in [7, 11) is 0. The zero-order valence-electron chi connectivity index (χ0n) is 8.73. The third-order valence-electron chi connectivity index (χ3n) is 2.27. The lowest BCUT2D eigenvalue weighted by Crippen LogP contribution is -2.35. The zero-order valence-corrected chi connectivity index (χ0v) is 9.63.